The molecule has 0 aliphatic carbocycles. The van der Waals surface area contributed by atoms with E-state index in [-0.39, 0.29) is 5.91 Å². The molecule has 0 unspecified atom stereocenters. The van der Waals surface area contributed by atoms with Crippen LogP contribution < -0.4 is 5.32 Å². The highest BCUT2D eigenvalue weighted by molar-refractivity contribution is 9.09. The quantitative estimate of drug-likeness (QED) is 0.209. The molecule has 0 fully saturated rings. The summed E-state index contributed by atoms with van der Waals surface area (Å²) in [7, 11) is 0. The lowest BCUT2D eigenvalue weighted by Gasteiger charge is -2.08. The second-order valence-electron chi connectivity index (χ2n) is 5.16. The van der Waals surface area contributed by atoms with Gasteiger partial charge in [-0.15, -0.1) is 0 Å². The molecule has 0 heterocycles. The van der Waals surface area contributed by atoms with Gasteiger partial charge in [-0.1, -0.05) is 22.9 Å². The molecule has 0 bridgehead atoms. The Morgan fingerprint density at radius 2 is 1.00 bits per heavy atom. The normalized spacial score (nSPS) is 11.0. The lowest BCUT2D eigenvalue weighted by molar-refractivity contribution is -0.118. The van der Waals surface area contributed by atoms with Crippen LogP contribution in [0.3, 0.4) is 0 Å². The fourth-order valence-corrected chi connectivity index (χ4v) is 1.85. The van der Waals surface area contributed by atoms with Gasteiger partial charge in [0.05, 0.1) is 78.0 Å². The van der Waals surface area contributed by atoms with E-state index >= 15 is 0 Å². The molecule has 0 radical (unpaired) electrons. The molecule has 0 aliphatic rings. The van der Waals surface area contributed by atoms with E-state index in [9.17, 15) is 4.79 Å². The van der Waals surface area contributed by atoms with E-state index in [0.717, 1.165) is 13.0 Å². The largest absolute Gasteiger partial charge is 0.379 e. The van der Waals surface area contributed by atoms with E-state index < -0.39 is 0 Å². The van der Waals surface area contributed by atoms with Crippen molar-refractivity contribution in [1.29, 1.82) is 0 Å². The van der Waals surface area contributed by atoms with Crippen LogP contribution in [-0.2, 0) is 33.2 Å². The molecular formula is C17H34BrNO7. The number of nitrogens with one attached hydrogen (secondary N) is 1. The zero-order chi connectivity index (χ0) is 19.1. The van der Waals surface area contributed by atoms with Crippen LogP contribution in [0.15, 0.2) is 0 Å². The van der Waals surface area contributed by atoms with E-state index in [0.29, 0.717) is 84.6 Å². The topological polar surface area (TPSA) is 84.5 Å². The van der Waals surface area contributed by atoms with Crippen molar-refractivity contribution in [3.63, 3.8) is 0 Å². The number of ether oxygens (including phenoxy) is 6. The Morgan fingerprint density at radius 1 is 0.654 bits per heavy atom. The van der Waals surface area contributed by atoms with E-state index in [2.05, 4.69) is 28.2 Å². The van der Waals surface area contributed by atoms with Crippen LogP contribution in [0, 0.1) is 0 Å². The van der Waals surface area contributed by atoms with Gasteiger partial charge in [-0.2, -0.15) is 0 Å². The van der Waals surface area contributed by atoms with Crippen molar-refractivity contribution in [3.8, 4) is 0 Å². The van der Waals surface area contributed by atoms with Gasteiger partial charge in [0.1, 0.15) is 0 Å². The Hall–Kier alpha value is -0.290. The molecule has 0 saturated carbocycles. The van der Waals surface area contributed by atoms with Gasteiger partial charge < -0.3 is 33.7 Å². The highest BCUT2D eigenvalue weighted by Gasteiger charge is 1.96. The Morgan fingerprint density at radius 3 is 1.35 bits per heavy atom. The van der Waals surface area contributed by atoms with Crippen LogP contribution in [0.25, 0.3) is 0 Å². The first-order valence-corrected chi connectivity index (χ1v) is 10.2. The highest BCUT2D eigenvalue weighted by atomic mass is 79.9. The summed E-state index contributed by atoms with van der Waals surface area (Å²) >= 11 is 3.07. The number of hydrogen-bond acceptors (Lipinski definition) is 7. The van der Waals surface area contributed by atoms with Crippen molar-refractivity contribution in [2.75, 3.05) is 91.2 Å². The average Bonchev–Trinajstić information content (AvgIpc) is 2.66. The van der Waals surface area contributed by atoms with Gasteiger partial charge in [0.2, 0.25) is 5.91 Å². The zero-order valence-corrected chi connectivity index (χ0v) is 17.4. The molecule has 0 saturated heterocycles. The maximum atomic E-state index is 10.9. The van der Waals surface area contributed by atoms with Crippen molar-refractivity contribution in [1.82, 2.24) is 5.32 Å². The summed E-state index contributed by atoms with van der Waals surface area (Å²) in [6.07, 6.45) is 1.03. The smallest absolute Gasteiger partial charge is 0.230 e. The first kappa shape index (κ1) is 25.7. The third-order valence-corrected chi connectivity index (χ3v) is 3.41. The molecule has 156 valence electrons. The molecule has 1 N–H and O–H groups in total. The number of rotatable bonds is 21. The lowest BCUT2D eigenvalue weighted by Crippen LogP contribution is -2.28. The van der Waals surface area contributed by atoms with Crippen LogP contribution in [0.4, 0.5) is 0 Å². The van der Waals surface area contributed by atoms with E-state index in [1.165, 1.54) is 0 Å². The first-order chi connectivity index (χ1) is 12.8. The molecule has 8 nitrogen and oxygen atoms in total. The maximum Gasteiger partial charge on any atom is 0.230 e. The minimum Gasteiger partial charge on any atom is -0.379 e. The van der Waals surface area contributed by atoms with Crippen LogP contribution in [0.1, 0.15) is 13.3 Å². The molecule has 0 aromatic heterocycles. The van der Waals surface area contributed by atoms with Gasteiger partial charge in [0.25, 0.3) is 0 Å². The minimum absolute atomic E-state index is 0.0458. The van der Waals surface area contributed by atoms with Crippen molar-refractivity contribution in [2.45, 2.75) is 13.3 Å². The Labute approximate surface area is 165 Å². The molecule has 0 aromatic carbocycles. The Kier molecular flexibility index (Phi) is 22.5. The predicted molar refractivity (Wildman–Crippen MR) is 102 cm³/mol. The molecule has 0 aliphatic heterocycles. The lowest BCUT2D eigenvalue weighted by atomic mass is 10.5. The van der Waals surface area contributed by atoms with Crippen molar-refractivity contribution in [2.24, 2.45) is 0 Å². The van der Waals surface area contributed by atoms with Crippen molar-refractivity contribution >= 4 is 21.8 Å². The molecule has 1 amide bonds. The Balaban J connectivity index is 3.00. The Bertz CT molecular complexity index is 298. The fourth-order valence-electron chi connectivity index (χ4n) is 1.66. The molecule has 0 aromatic rings. The van der Waals surface area contributed by atoms with E-state index in [1.54, 1.807) is 0 Å². The van der Waals surface area contributed by atoms with Gasteiger partial charge in [-0.3, -0.25) is 4.79 Å². The number of halogens is 1. The SMILES string of the molecule is CCCOCCOCCOCCOCCOCCOCCNC(=O)CBr. The molecule has 0 spiro atoms. The fraction of sp³-hybridized carbons (Fsp3) is 0.941. The van der Waals surface area contributed by atoms with Gasteiger partial charge >= 0.3 is 0 Å². The highest BCUT2D eigenvalue weighted by Crippen LogP contribution is 1.85. The predicted octanol–water partition coefficient (Wildman–Crippen LogP) is 1.01. The second kappa shape index (κ2) is 22.8. The molecule has 9 heteroatoms. The first-order valence-electron chi connectivity index (χ1n) is 9.10. The van der Waals surface area contributed by atoms with Crippen molar-refractivity contribution in [3.05, 3.63) is 0 Å². The van der Waals surface area contributed by atoms with Gasteiger partial charge in [-0.05, 0) is 6.42 Å². The number of hydrogen-bond donors (Lipinski definition) is 1. The summed E-state index contributed by atoms with van der Waals surface area (Å²) in [6, 6.07) is 0. The van der Waals surface area contributed by atoms with Crippen molar-refractivity contribution < 1.29 is 33.2 Å². The summed E-state index contributed by atoms with van der Waals surface area (Å²) in [5, 5.41) is 3.00. The summed E-state index contributed by atoms with van der Waals surface area (Å²) < 4.78 is 32.1. The minimum atomic E-state index is -0.0458. The van der Waals surface area contributed by atoms with Gasteiger partial charge in [0.15, 0.2) is 0 Å². The maximum absolute atomic E-state index is 10.9. The average molecular weight is 444 g/mol. The number of amides is 1. The molecule has 0 rings (SSSR count). The number of alkyl halides is 1. The van der Waals surface area contributed by atoms with Gasteiger partial charge in [0, 0.05) is 13.2 Å². The van der Waals surface area contributed by atoms with Crippen LogP contribution in [0.5, 0.6) is 0 Å². The standard InChI is InChI=1S/C17H34BrNO7/c1-2-4-21-6-8-23-10-12-25-14-15-26-13-11-24-9-7-22-5-3-19-17(20)16-18/h2-16H2,1H3,(H,19,20). The van der Waals surface area contributed by atoms with Gasteiger partial charge in [-0.25, -0.2) is 0 Å². The van der Waals surface area contributed by atoms with Crippen LogP contribution in [0.2, 0.25) is 0 Å². The summed E-state index contributed by atoms with van der Waals surface area (Å²) in [5.41, 5.74) is 0. The van der Waals surface area contributed by atoms with E-state index in [1.807, 2.05) is 0 Å². The van der Waals surface area contributed by atoms with Crippen LogP contribution in [-0.4, -0.2) is 97.1 Å². The molecule has 26 heavy (non-hydrogen) atoms. The number of carbonyl (C=O) groups is 1. The second-order valence-corrected chi connectivity index (χ2v) is 5.72. The molecular weight excluding hydrogens is 410 g/mol. The van der Waals surface area contributed by atoms with Crippen LogP contribution >= 0.6 is 15.9 Å². The third kappa shape index (κ3) is 21.8. The van der Waals surface area contributed by atoms with E-state index in [4.69, 9.17) is 28.4 Å². The third-order valence-electron chi connectivity index (χ3n) is 2.90. The zero-order valence-electron chi connectivity index (χ0n) is 15.8. The summed E-state index contributed by atoms with van der Waals surface area (Å²) in [5.74, 6) is -0.0458. The monoisotopic (exact) mass is 443 g/mol. The summed E-state index contributed by atoms with van der Waals surface area (Å²) in [6.45, 7) is 9.33. The summed E-state index contributed by atoms with van der Waals surface area (Å²) in [4.78, 5) is 10.9. The molecule has 0 atom stereocenters. The number of carbonyl (C=O) groups excluding carboxylic acids is 1.